The fourth-order valence-corrected chi connectivity index (χ4v) is 5.63. The highest BCUT2D eigenvalue weighted by Gasteiger charge is 2.33. The first-order chi connectivity index (χ1) is 16.3. The number of sulfonamides is 1. The number of morpholine rings is 1. The molecule has 180 valence electrons. The standard InChI is InChI=1S/C24H28N4O5S/c1-2-7-21(19-9-4-5-10-20(19)23(26)29)24(30)27-15-18-16-28(12-13-33-18)34(31,32)22-11-6-3-8-17(22)14-25/h3-6,8-11,18,21H,2,7,12-13,15-16H2,1H3,(H2,26,29)(H,27,30)/t18-,21-/m0/s1. The molecule has 2 aromatic carbocycles. The van der Waals surface area contributed by atoms with E-state index >= 15 is 0 Å². The number of hydrogen-bond acceptors (Lipinski definition) is 6. The summed E-state index contributed by atoms with van der Waals surface area (Å²) in [6.45, 7) is 2.40. The normalized spacial score (nSPS) is 17.5. The minimum Gasteiger partial charge on any atom is -0.374 e. The van der Waals surface area contributed by atoms with Crippen molar-refractivity contribution in [3.8, 4) is 6.07 Å². The predicted octanol–water partition coefficient (Wildman–Crippen LogP) is 1.75. The number of ether oxygens (including phenoxy) is 1. The van der Waals surface area contributed by atoms with Crippen molar-refractivity contribution >= 4 is 21.8 Å². The average molecular weight is 485 g/mol. The van der Waals surface area contributed by atoms with Crippen LogP contribution in [0.25, 0.3) is 0 Å². The predicted molar refractivity (Wildman–Crippen MR) is 125 cm³/mol. The summed E-state index contributed by atoms with van der Waals surface area (Å²) in [7, 11) is -3.89. The lowest BCUT2D eigenvalue weighted by Gasteiger charge is -2.32. The van der Waals surface area contributed by atoms with E-state index in [0.717, 1.165) is 6.42 Å². The number of hydrogen-bond donors (Lipinski definition) is 2. The summed E-state index contributed by atoms with van der Waals surface area (Å²) in [4.78, 5) is 24.8. The van der Waals surface area contributed by atoms with Crippen molar-refractivity contribution < 1.29 is 22.7 Å². The van der Waals surface area contributed by atoms with Gasteiger partial charge in [0.25, 0.3) is 0 Å². The molecule has 0 spiro atoms. The molecule has 0 bridgehead atoms. The Kier molecular flexibility index (Phi) is 8.39. The molecule has 0 aromatic heterocycles. The molecule has 3 rings (SSSR count). The molecule has 34 heavy (non-hydrogen) atoms. The van der Waals surface area contributed by atoms with Crippen LogP contribution in [0.5, 0.6) is 0 Å². The molecular formula is C24H28N4O5S. The smallest absolute Gasteiger partial charge is 0.249 e. The Balaban J connectivity index is 1.71. The highest BCUT2D eigenvalue weighted by atomic mass is 32.2. The molecule has 10 heteroatoms. The largest absolute Gasteiger partial charge is 0.374 e. The number of rotatable bonds is 9. The maximum Gasteiger partial charge on any atom is 0.249 e. The molecule has 9 nitrogen and oxygen atoms in total. The average Bonchev–Trinajstić information content (AvgIpc) is 2.86. The molecule has 2 aromatic rings. The first-order valence-corrected chi connectivity index (χ1v) is 12.5. The van der Waals surface area contributed by atoms with Crippen LogP contribution in [0.4, 0.5) is 0 Å². The van der Waals surface area contributed by atoms with Gasteiger partial charge in [-0.2, -0.15) is 9.57 Å². The van der Waals surface area contributed by atoms with Crippen LogP contribution >= 0.6 is 0 Å². The van der Waals surface area contributed by atoms with Crippen molar-refractivity contribution in [1.82, 2.24) is 9.62 Å². The number of nitrogens with zero attached hydrogens (tertiary/aromatic N) is 2. The molecule has 1 saturated heterocycles. The molecule has 2 amide bonds. The first kappa shape index (κ1) is 25.4. The van der Waals surface area contributed by atoms with Gasteiger partial charge in [-0.05, 0) is 30.2 Å². The lowest BCUT2D eigenvalue weighted by Crippen LogP contribution is -2.50. The molecule has 0 unspecified atom stereocenters. The third kappa shape index (κ3) is 5.62. The minimum absolute atomic E-state index is 0.0404. The number of nitriles is 1. The summed E-state index contributed by atoms with van der Waals surface area (Å²) in [5.74, 6) is -1.45. The molecule has 1 aliphatic rings. The maximum atomic E-state index is 13.1. The summed E-state index contributed by atoms with van der Waals surface area (Å²) in [5, 5.41) is 12.1. The van der Waals surface area contributed by atoms with Crippen LogP contribution in [0.2, 0.25) is 0 Å². The van der Waals surface area contributed by atoms with Crippen molar-refractivity contribution in [2.24, 2.45) is 5.73 Å². The van der Waals surface area contributed by atoms with Gasteiger partial charge in [0.1, 0.15) is 6.07 Å². The van der Waals surface area contributed by atoms with Gasteiger partial charge < -0.3 is 15.8 Å². The second-order valence-corrected chi connectivity index (χ2v) is 9.91. The van der Waals surface area contributed by atoms with Crippen molar-refractivity contribution in [2.75, 3.05) is 26.2 Å². The third-order valence-corrected chi connectivity index (χ3v) is 7.65. The van der Waals surface area contributed by atoms with Gasteiger partial charge in [0.15, 0.2) is 0 Å². The molecule has 1 heterocycles. The van der Waals surface area contributed by atoms with E-state index in [1.165, 1.54) is 16.4 Å². The van der Waals surface area contributed by atoms with Crippen molar-refractivity contribution in [1.29, 1.82) is 5.26 Å². The van der Waals surface area contributed by atoms with E-state index in [1.807, 2.05) is 13.0 Å². The first-order valence-electron chi connectivity index (χ1n) is 11.1. The number of carbonyl (C=O) groups is 2. The van der Waals surface area contributed by atoms with Crippen LogP contribution in [0.15, 0.2) is 53.4 Å². The van der Waals surface area contributed by atoms with E-state index in [-0.39, 0.29) is 42.6 Å². The van der Waals surface area contributed by atoms with Crippen LogP contribution in [0.1, 0.15) is 47.2 Å². The fraction of sp³-hybridized carbons (Fsp3) is 0.375. The second kappa shape index (κ2) is 11.2. The van der Waals surface area contributed by atoms with E-state index in [2.05, 4.69) is 5.32 Å². The zero-order valence-electron chi connectivity index (χ0n) is 18.9. The number of benzene rings is 2. The molecule has 1 fully saturated rings. The van der Waals surface area contributed by atoms with Gasteiger partial charge in [0.05, 0.1) is 29.1 Å². The Morgan fingerprint density at radius 2 is 1.94 bits per heavy atom. The Bertz CT molecular complexity index is 1190. The fourth-order valence-electron chi connectivity index (χ4n) is 4.04. The molecule has 2 atom stereocenters. The van der Waals surface area contributed by atoms with Crippen LogP contribution in [0.3, 0.4) is 0 Å². The number of nitrogens with one attached hydrogen (secondary N) is 1. The van der Waals surface area contributed by atoms with Crippen molar-refractivity contribution in [3.05, 3.63) is 65.2 Å². The summed E-state index contributed by atoms with van der Waals surface area (Å²) in [6, 6.07) is 14.7. The van der Waals surface area contributed by atoms with E-state index in [4.69, 9.17) is 10.5 Å². The van der Waals surface area contributed by atoms with Crippen LogP contribution in [-0.4, -0.2) is 56.9 Å². The van der Waals surface area contributed by atoms with Crippen LogP contribution < -0.4 is 11.1 Å². The quantitative estimate of drug-likeness (QED) is 0.555. The monoisotopic (exact) mass is 484 g/mol. The number of amides is 2. The van der Waals surface area contributed by atoms with E-state index in [9.17, 15) is 23.3 Å². The topological polar surface area (TPSA) is 143 Å². The molecule has 0 saturated carbocycles. The summed E-state index contributed by atoms with van der Waals surface area (Å²) in [6.07, 6.45) is 0.679. The second-order valence-electron chi connectivity index (χ2n) is 8.00. The molecule has 3 N–H and O–H groups in total. The Morgan fingerprint density at radius 1 is 1.24 bits per heavy atom. The molecular weight excluding hydrogens is 456 g/mol. The van der Waals surface area contributed by atoms with Gasteiger partial charge in [0.2, 0.25) is 21.8 Å². The van der Waals surface area contributed by atoms with Gasteiger partial charge in [-0.15, -0.1) is 0 Å². The Hall–Kier alpha value is -3.26. The van der Waals surface area contributed by atoms with Gasteiger partial charge in [-0.25, -0.2) is 8.42 Å². The zero-order valence-corrected chi connectivity index (χ0v) is 19.8. The third-order valence-electron chi connectivity index (χ3n) is 5.73. The van der Waals surface area contributed by atoms with E-state index in [1.54, 1.807) is 36.4 Å². The zero-order chi connectivity index (χ0) is 24.7. The van der Waals surface area contributed by atoms with E-state index in [0.29, 0.717) is 17.5 Å². The minimum atomic E-state index is -3.89. The molecule has 0 radical (unpaired) electrons. The van der Waals surface area contributed by atoms with E-state index < -0.39 is 28.0 Å². The van der Waals surface area contributed by atoms with Crippen molar-refractivity contribution in [3.63, 3.8) is 0 Å². The highest BCUT2D eigenvalue weighted by Crippen LogP contribution is 2.26. The van der Waals surface area contributed by atoms with Gasteiger partial charge in [-0.1, -0.05) is 43.7 Å². The Labute approximate surface area is 199 Å². The highest BCUT2D eigenvalue weighted by molar-refractivity contribution is 7.89. The number of nitrogens with two attached hydrogens (primary N) is 1. The number of primary amides is 1. The lowest BCUT2D eigenvalue weighted by molar-refractivity contribution is -0.123. The van der Waals surface area contributed by atoms with Gasteiger partial charge >= 0.3 is 0 Å². The number of carbonyl (C=O) groups excluding carboxylic acids is 2. The SMILES string of the molecule is CCC[C@H](C(=O)NC[C@H]1CN(S(=O)(=O)c2ccccc2C#N)CCO1)c1ccccc1C(N)=O. The maximum absolute atomic E-state index is 13.1. The van der Waals surface area contributed by atoms with Crippen LogP contribution in [0, 0.1) is 11.3 Å². The van der Waals surface area contributed by atoms with Gasteiger partial charge in [0, 0.05) is 25.2 Å². The summed E-state index contributed by atoms with van der Waals surface area (Å²) >= 11 is 0. The summed E-state index contributed by atoms with van der Waals surface area (Å²) < 4.78 is 33.2. The van der Waals surface area contributed by atoms with Gasteiger partial charge in [-0.3, -0.25) is 9.59 Å². The Morgan fingerprint density at radius 3 is 2.65 bits per heavy atom. The molecule has 0 aliphatic carbocycles. The molecule has 1 aliphatic heterocycles. The summed E-state index contributed by atoms with van der Waals surface area (Å²) in [5.41, 5.74) is 6.44. The van der Waals surface area contributed by atoms with Crippen LogP contribution in [-0.2, 0) is 19.6 Å². The van der Waals surface area contributed by atoms with Crippen molar-refractivity contribution in [2.45, 2.75) is 36.7 Å². The lowest BCUT2D eigenvalue weighted by atomic mass is 9.89.